The van der Waals surface area contributed by atoms with E-state index < -0.39 is 5.97 Å². The minimum Gasteiger partial charge on any atom is -0.507 e. The van der Waals surface area contributed by atoms with Crippen LogP contribution in [0.5, 0.6) is 5.75 Å². The Morgan fingerprint density at radius 3 is 2.38 bits per heavy atom. The molecule has 1 aromatic rings. The molecule has 0 spiro atoms. The molecule has 1 aliphatic rings. The predicted molar refractivity (Wildman–Crippen MR) is 83.9 cm³/mol. The van der Waals surface area contributed by atoms with Gasteiger partial charge in [0.2, 0.25) is 0 Å². The number of aliphatic carboxylic acids is 1. The van der Waals surface area contributed by atoms with E-state index in [4.69, 9.17) is 0 Å². The van der Waals surface area contributed by atoms with Crippen LogP contribution >= 0.6 is 0 Å². The van der Waals surface area contributed by atoms with E-state index in [1.54, 1.807) is 0 Å². The third-order valence-corrected chi connectivity index (χ3v) is 4.40. The van der Waals surface area contributed by atoms with E-state index >= 15 is 0 Å². The number of hydrogen-bond acceptors (Lipinski definition) is 2. The highest BCUT2D eigenvalue weighted by Gasteiger charge is 2.36. The van der Waals surface area contributed by atoms with Crippen molar-refractivity contribution in [3.8, 4) is 5.75 Å². The molecule has 0 heterocycles. The standard InChI is InChI=1S/C18H26O3/c1-5-11-8-14(13(10-16(19)20)12-6-7-12)17(21)15(9-11)18(2,3)4/h8-9,12-13,21H,5-7,10H2,1-4H3,(H,19,20). The highest BCUT2D eigenvalue weighted by atomic mass is 16.4. The summed E-state index contributed by atoms with van der Waals surface area (Å²) < 4.78 is 0. The first kappa shape index (κ1) is 15.9. The summed E-state index contributed by atoms with van der Waals surface area (Å²) in [6.07, 6.45) is 3.13. The Balaban J connectivity index is 2.52. The van der Waals surface area contributed by atoms with Gasteiger partial charge in [-0.3, -0.25) is 4.79 Å². The van der Waals surface area contributed by atoms with Gasteiger partial charge < -0.3 is 10.2 Å². The number of carbonyl (C=O) groups is 1. The van der Waals surface area contributed by atoms with Gasteiger partial charge in [0.15, 0.2) is 0 Å². The first-order valence-electron chi connectivity index (χ1n) is 7.82. The highest BCUT2D eigenvalue weighted by Crippen LogP contribution is 2.49. The SMILES string of the molecule is CCc1cc(C(CC(=O)O)C2CC2)c(O)c(C(C)(C)C)c1. The zero-order chi connectivity index (χ0) is 15.8. The molecule has 0 aliphatic heterocycles. The van der Waals surface area contributed by atoms with Crippen LogP contribution in [0.3, 0.4) is 0 Å². The Hall–Kier alpha value is -1.51. The van der Waals surface area contributed by atoms with Crippen LogP contribution in [0.25, 0.3) is 0 Å². The smallest absolute Gasteiger partial charge is 0.303 e. The van der Waals surface area contributed by atoms with Crippen LogP contribution in [0.2, 0.25) is 0 Å². The molecule has 2 rings (SSSR count). The Kier molecular flexibility index (Phi) is 4.31. The van der Waals surface area contributed by atoms with Crippen molar-refractivity contribution >= 4 is 5.97 Å². The number of phenolic OH excluding ortho intramolecular Hbond substituents is 1. The Labute approximate surface area is 127 Å². The van der Waals surface area contributed by atoms with Crippen molar-refractivity contribution in [2.45, 2.75) is 64.7 Å². The molecule has 0 amide bonds. The van der Waals surface area contributed by atoms with Gasteiger partial charge in [-0.15, -0.1) is 0 Å². The lowest BCUT2D eigenvalue weighted by Gasteiger charge is -2.26. The van der Waals surface area contributed by atoms with Crippen LogP contribution in [0.4, 0.5) is 0 Å². The molecule has 0 aromatic heterocycles. The molecule has 3 heteroatoms. The molecule has 2 N–H and O–H groups in total. The van der Waals surface area contributed by atoms with Gasteiger partial charge in [0.1, 0.15) is 5.75 Å². The molecule has 1 aromatic carbocycles. The van der Waals surface area contributed by atoms with Crippen molar-refractivity contribution in [3.63, 3.8) is 0 Å². The topological polar surface area (TPSA) is 57.5 Å². The molecule has 0 saturated heterocycles. The number of rotatable bonds is 5. The van der Waals surface area contributed by atoms with Gasteiger partial charge in [0.05, 0.1) is 6.42 Å². The van der Waals surface area contributed by atoms with E-state index in [1.165, 1.54) is 5.56 Å². The number of hydrogen-bond donors (Lipinski definition) is 2. The van der Waals surface area contributed by atoms with E-state index in [-0.39, 0.29) is 17.8 Å². The molecule has 116 valence electrons. The molecule has 1 atom stereocenters. The fraction of sp³-hybridized carbons (Fsp3) is 0.611. The molecule has 1 aliphatic carbocycles. The third kappa shape index (κ3) is 3.58. The average Bonchev–Trinajstić information content (AvgIpc) is 3.19. The quantitative estimate of drug-likeness (QED) is 0.853. The molecule has 1 saturated carbocycles. The van der Waals surface area contributed by atoms with E-state index in [0.29, 0.717) is 11.7 Å². The summed E-state index contributed by atoms with van der Waals surface area (Å²) in [5.41, 5.74) is 2.78. The van der Waals surface area contributed by atoms with Crippen LogP contribution in [0.15, 0.2) is 12.1 Å². The largest absolute Gasteiger partial charge is 0.507 e. The lowest BCUT2D eigenvalue weighted by Crippen LogP contribution is -2.15. The minimum absolute atomic E-state index is 0.0601. The van der Waals surface area contributed by atoms with Crippen molar-refractivity contribution in [2.24, 2.45) is 5.92 Å². The summed E-state index contributed by atoms with van der Waals surface area (Å²) in [5, 5.41) is 19.9. The van der Waals surface area contributed by atoms with Crippen LogP contribution in [-0.2, 0) is 16.6 Å². The van der Waals surface area contributed by atoms with E-state index in [1.807, 2.05) is 6.07 Å². The van der Waals surface area contributed by atoms with Crippen molar-refractivity contribution in [1.82, 2.24) is 0 Å². The van der Waals surface area contributed by atoms with Crippen molar-refractivity contribution in [1.29, 1.82) is 0 Å². The maximum Gasteiger partial charge on any atom is 0.303 e. The van der Waals surface area contributed by atoms with Crippen LogP contribution in [0.1, 0.15) is 69.6 Å². The highest BCUT2D eigenvalue weighted by molar-refractivity contribution is 5.69. The molecule has 1 fully saturated rings. The Bertz CT molecular complexity index is 536. The first-order valence-corrected chi connectivity index (χ1v) is 7.82. The van der Waals surface area contributed by atoms with Crippen LogP contribution in [0, 0.1) is 5.92 Å². The average molecular weight is 290 g/mol. The summed E-state index contributed by atoms with van der Waals surface area (Å²) in [4.78, 5) is 11.2. The number of aryl methyl sites for hydroxylation is 1. The number of aromatic hydroxyl groups is 1. The fourth-order valence-corrected chi connectivity index (χ4v) is 2.99. The number of benzene rings is 1. The number of carboxylic acids is 1. The van der Waals surface area contributed by atoms with Gasteiger partial charge in [-0.25, -0.2) is 0 Å². The monoisotopic (exact) mass is 290 g/mol. The first-order chi connectivity index (χ1) is 9.74. The maximum absolute atomic E-state index is 11.2. The summed E-state index contributed by atoms with van der Waals surface area (Å²) in [6.45, 7) is 8.32. The fourth-order valence-electron chi connectivity index (χ4n) is 2.99. The maximum atomic E-state index is 11.2. The van der Waals surface area contributed by atoms with Crippen molar-refractivity contribution in [2.75, 3.05) is 0 Å². The van der Waals surface area contributed by atoms with E-state index in [2.05, 4.69) is 33.8 Å². The van der Waals surface area contributed by atoms with Gasteiger partial charge in [0.25, 0.3) is 0 Å². The normalized spacial score (nSPS) is 16.8. The van der Waals surface area contributed by atoms with Crippen molar-refractivity contribution < 1.29 is 15.0 Å². The van der Waals surface area contributed by atoms with Gasteiger partial charge >= 0.3 is 5.97 Å². The van der Waals surface area contributed by atoms with Crippen molar-refractivity contribution in [3.05, 3.63) is 28.8 Å². The number of carboxylic acid groups (broad SMARTS) is 1. The second-order valence-electron chi connectivity index (χ2n) is 7.23. The summed E-state index contributed by atoms with van der Waals surface area (Å²) >= 11 is 0. The summed E-state index contributed by atoms with van der Waals surface area (Å²) in [7, 11) is 0. The summed E-state index contributed by atoms with van der Waals surface area (Å²) in [6, 6.07) is 4.07. The minimum atomic E-state index is -0.787. The Morgan fingerprint density at radius 2 is 1.95 bits per heavy atom. The van der Waals surface area contributed by atoms with Gasteiger partial charge in [0, 0.05) is 5.92 Å². The molecule has 3 nitrogen and oxygen atoms in total. The molecule has 1 unspecified atom stereocenters. The second-order valence-corrected chi connectivity index (χ2v) is 7.23. The second kappa shape index (κ2) is 5.70. The van der Waals surface area contributed by atoms with E-state index in [0.717, 1.165) is 30.4 Å². The molecular formula is C18H26O3. The molecule has 21 heavy (non-hydrogen) atoms. The predicted octanol–water partition coefficient (Wildman–Crippen LogP) is 4.22. The van der Waals surface area contributed by atoms with Crippen LogP contribution < -0.4 is 0 Å². The van der Waals surface area contributed by atoms with Gasteiger partial charge in [-0.1, -0.05) is 39.8 Å². The van der Waals surface area contributed by atoms with Gasteiger partial charge in [-0.05, 0) is 47.3 Å². The lowest BCUT2D eigenvalue weighted by atomic mass is 9.80. The zero-order valence-electron chi connectivity index (χ0n) is 13.4. The molecule has 0 bridgehead atoms. The lowest BCUT2D eigenvalue weighted by molar-refractivity contribution is -0.137. The molecular weight excluding hydrogens is 264 g/mol. The van der Waals surface area contributed by atoms with Gasteiger partial charge in [-0.2, -0.15) is 0 Å². The third-order valence-electron chi connectivity index (χ3n) is 4.40. The van der Waals surface area contributed by atoms with E-state index in [9.17, 15) is 15.0 Å². The zero-order valence-corrected chi connectivity index (χ0v) is 13.4. The summed E-state index contributed by atoms with van der Waals surface area (Å²) in [5.74, 6) is -0.134. The van der Waals surface area contributed by atoms with Crippen LogP contribution in [-0.4, -0.2) is 16.2 Å². The molecule has 0 radical (unpaired) electrons. The Morgan fingerprint density at radius 1 is 1.33 bits per heavy atom. The number of phenols is 1.